The molecule has 0 bridgehead atoms. The van der Waals surface area contributed by atoms with Crippen LogP contribution in [0.1, 0.15) is 11.1 Å². The number of nitrogens with zero attached hydrogens (tertiary/aromatic N) is 2. The number of hydrogen-bond donors (Lipinski definition) is 2. The van der Waals surface area contributed by atoms with Gasteiger partial charge in [-0.2, -0.15) is 0 Å². The number of alkyl halides is 1. The minimum Gasteiger partial charge on any atom is -0.494 e. The van der Waals surface area contributed by atoms with E-state index in [1.54, 1.807) is 36.5 Å². The highest BCUT2D eigenvalue weighted by molar-refractivity contribution is 6.22. The van der Waals surface area contributed by atoms with Gasteiger partial charge in [-0.3, -0.25) is 0 Å². The van der Waals surface area contributed by atoms with Gasteiger partial charge in [0.25, 0.3) is 0 Å². The summed E-state index contributed by atoms with van der Waals surface area (Å²) in [4.78, 5) is 4.12. The maximum Gasteiger partial charge on any atom is 0.207 e. The zero-order chi connectivity index (χ0) is 12.7. The minimum absolute atomic E-state index is 0.00352. The Hall–Kier alpha value is -1.94. The van der Waals surface area contributed by atoms with Crippen molar-refractivity contribution in [2.45, 2.75) is 11.8 Å². The maximum atomic E-state index is 10.2. The molecule has 0 fully saturated rings. The molecule has 1 aliphatic carbocycles. The highest BCUT2D eigenvalue weighted by Gasteiger charge is 2.26. The van der Waals surface area contributed by atoms with Gasteiger partial charge in [0, 0.05) is 17.3 Å². The number of hydrogen-bond acceptors (Lipinski definition) is 3. The first kappa shape index (κ1) is 11.2. The number of pyridine rings is 1. The summed E-state index contributed by atoms with van der Waals surface area (Å²) in [5, 5.41) is 20.2. The molecule has 2 aromatic rings. The molecule has 0 radical (unpaired) electrons. The number of aromatic hydroxyl groups is 2. The summed E-state index contributed by atoms with van der Waals surface area (Å²) in [6, 6.07) is 5.28. The average Bonchev–Trinajstić information content (AvgIpc) is 2.63. The van der Waals surface area contributed by atoms with Crippen LogP contribution in [0, 0.1) is 0 Å². The van der Waals surface area contributed by atoms with Crippen molar-refractivity contribution < 1.29 is 10.2 Å². The van der Waals surface area contributed by atoms with Crippen LogP contribution in [0.25, 0.3) is 11.9 Å². The van der Waals surface area contributed by atoms with E-state index in [0.29, 0.717) is 23.4 Å². The fraction of sp³-hybridized carbons (Fsp3) is 0.154. The van der Waals surface area contributed by atoms with E-state index in [2.05, 4.69) is 4.98 Å². The lowest BCUT2D eigenvalue weighted by molar-refractivity contribution is 0.398. The van der Waals surface area contributed by atoms with Crippen molar-refractivity contribution in [2.75, 3.05) is 0 Å². The van der Waals surface area contributed by atoms with Gasteiger partial charge in [-0.15, -0.1) is 11.6 Å². The Morgan fingerprint density at radius 1 is 1.28 bits per heavy atom. The first-order chi connectivity index (χ1) is 8.68. The first-order valence-corrected chi connectivity index (χ1v) is 6.01. The number of allylic oxidation sites excluding steroid dienone is 1. The zero-order valence-corrected chi connectivity index (χ0v) is 10.2. The van der Waals surface area contributed by atoms with Crippen molar-refractivity contribution in [3.05, 3.63) is 41.6 Å². The van der Waals surface area contributed by atoms with Crippen molar-refractivity contribution in [1.82, 2.24) is 9.55 Å². The predicted octanol–water partition coefficient (Wildman–Crippen LogP) is 2.46. The smallest absolute Gasteiger partial charge is 0.207 e. The molecule has 5 heteroatoms. The first-order valence-electron chi connectivity index (χ1n) is 5.57. The largest absolute Gasteiger partial charge is 0.494 e. The van der Waals surface area contributed by atoms with Gasteiger partial charge >= 0.3 is 0 Å². The molecule has 1 atom stereocenters. The van der Waals surface area contributed by atoms with E-state index >= 15 is 0 Å². The molecule has 0 amide bonds. The van der Waals surface area contributed by atoms with E-state index in [4.69, 9.17) is 11.6 Å². The van der Waals surface area contributed by atoms with Gasteiger partial charge < -0.3 is 10.2 Å². The Labute approximate surface area is 109 Å². The van der Waals surface area contributed by atoms with Crippen molar-refractivity contribution >= 4 is 17.7 Å². The highest BCUT2D eigenvalue weighted by Crippen LogP contribution is 2.40. The van der Waals surface area contributed by atoms with E-state index in [0.717, 1.165) is 0 Å². The normalized spacial score (nSPS) is 17.7. The molecule has 0 saturated carbocycles. The van der Waals surface area contributed by atoms with Crippen LogP contribution in [0.4, 0.5) is 0 Å². The van der Waals surface area contributed by atoms with Crippen molar-refractivity contribution in [3.63, 3.8) is 0 Å². The van der Waals surface area contributed by atoms with Gasteiger partial charge in [0.1, 0.15) is 5.82 Å². The fourth-order valence-electron chi connectivity index (χ4n) is 2.15. The van der Waals surface area contributed by atoms with Crippen LogP contribution in [0.5, 0.6) is 11.8 Å². The second-order valence-electron chi connectivity index (χ2n) is 4.14. The van der Waals surface area contributed by atoms with E-state index in [9.17, 15) is 10.2 Å². The minimum atomic E-state index is -0.164. The third kappa shape index (κ3) is 1.57. The monoisotopic (exact) mass is 262 g/mol. The molecule has 0 aromatic carbocycles. The summed E-state index contributed by atoms with van der Waals surface area (Å²) in [5.74, 6) is 0.457. The number of aromatic nitrogens is 2. The van der Waals surface area contributed by atoms with E-state index < -0.39 is 0 Å². The van der Waals surface area contributed by atoms with E-state index in [1.165, 1.54) is 4.57 Å². The summed E-state index contributed by atoms with van der Waals surface area (Å²) in [7, 11) is 0. The van der Waals surface area contributed by atoms with Gasteiger partial charge in [-0.25, -0.2) is 9.55 Å². The third-order valence-electron chi connectivity index (χ3n) is 3.01. The van der Waals surface area contributed by atoms with Gasteiger partial charge in [0.2, 0.25) is 11.8 Å². The summed E-state index contributed by atoms with van der Waals surface area (Å²) >= 11 is 6.02. The Kier molecular flexibility index (Phi) is 2.52. The van der Waals surface area contributed by atoms with Crippen molar-refractivity contribution in [3.8, 4) is 17.6 Å². The molecule has 2 aromatic heterocycles. The molecular formula is C13H11ClN2O2. The molecular weight excluding hydrogens is 252 g/mol. The molecule has 2 heterocycles. The fourth-order valence-corrected chi connectivity index (χ4v) is 2.38. The lowest BCUT2D eigenvalue weighted by atomic mass is 10.0. The average molecular weight is 263 g/mol. The van der Waals surface area contributed by atoms with Crippen molar-refractivity contribution in [1.29, 1.82) is 0 Å². The van der Waals surface area contributed by atoms with Crippen LogP contribution in [-0.4, -0.2) is 25.1 Å². The van der Waals surface area contributed by atoms with Crippen LogP contribution in [0.15, 0.2) is 30.5 Å². The lowest BCUT2D eigenvalue weighted by Gasteiger charge is -2.09. The van der Waals surface area contributed by atoms with Crippen LogP contribution >= 0.6 is 11.6 Å². The van der Waals surface area contributed by atoms with Gasteiger partial charge in [-0.1, -0.05) is 18.2 Å². The van der Waals surface area contributed by atoms with Gasteiger partial charge in [-0.05, 0) is 18.6 Å². The second kappa shape index (κ2) is 4.07. The second-order valence-corrected chi connectivity index (χ2v) is 4.70. The molecule has 1 unspecified atom stereocenters. The maximum absolute atomic E-state index is 10.2. The third-order valence-corrected chi connectivity index (χ3v) is 3.31. The zero-order valence-electron chi connectivity index (χ0n) is 9.42. The Bertz CT molecular complexity index is 620. The summed E-state index contributed by atoms with van der Waals surface area (Å²) in [6.45, 7) is 0. The SMILES string of the molecule is Oc1c2c(c(O)n1-c1ccccn1)CC(Cl)C=C2. The van der Waals surface area contributed by atoms with Crippen molar-refractivity contribution in [2.24, 2.45) is 0 Å². The molecule has 0 saturated heterocycles. The summed E-state index contributed by atoms with van der Waals surface area (Å²) in [6.07, 6.45) is 5.62. The summed E-state index contributed by atoms with van der Waals surface area (Å²) < 4.78 is 1.32. The molecule has 92 valence electrons. The highest BCUT2D eigenvalue weighted by atomic mass is 35.5. The predicted molar refractivity (Wildman–Crippen MR) is 69.3 cm³/mol. The lowest BCUT2D eigenvalue weighted by Crippen LogP contribution is -2.03. The van der Waals surface area contributed by atoms with Gasteiger partial charge in [0.15, 0.2) is 0 Å². The Morgan fingerprint density at radius 3 is 2.83 bits per heavy atom. The van der Waals surface area contributed by atoms with Crippen LogP contribution in [0.2, 0.25) is 0 Å². The topological polar surface area (TPSA) is 58.3 Å². The van der Waals surface area contributed by atoms with Gasteiger partial charge in [0.05, 0.1) is 5.38 Å². The Morgan fingerprint density at radius 2 is 2.11 bits per heavy atom. The molecule has 1 aliphatic rings. The van der Waals surface area contributed by atoms with E-state index in [-0.39, 0.29) is 17.1 Å². The molecule has 18 heavy (non-hydrogen) atoms. The molecule has 2 N–H and O–H groups in total. The quantitative estimate of drug-likeness (QED) is 0.776. The van der Waals surface area contributed by atoms with Crippen LogP contribution < -0.4 is 0 Å². The summed E-state index contributed by atoms with van der Waals surface area (Å²) in [5.41, 5.74) is 1.26. The molecule has 0 spiro atoms. The molecule has 0 aliphatic heterocycles. The van der Waals surface area contributed by atoms with E-state index in [1.807, 2.05) is 0 Å². The number of halogens is 1. The number of rotatable bonds is 1. The standard InChI is InChI=1S/C13H11ClN2O2/c14-8-4-5-9-10(7-8)13(18)16(12(9)17)11-3-1-2-6-15-11/h1-6,8,17-18H,7H2. The molecule has 4 nitrogen and oxygen atoms in total. The Balaban J connectivity index is 2.22. The molecule has 3 rings (SSSR count). The van der Waals surface area contributed by atoms with Crippen LogP contribution in [-0.2, 0) is 6.42 Å². The van der Waals surface area contributed by atoms with Crippen LogP contribution in [0.3, 0.4) is 0 Å². The number of fused-ring (bicyclic) bond motifs is 1.